The summed E-state index contributed by atoms with van der Waals surface area (Å²) in [6.45, 7) is 3.58. The summed E-state index contributed by atoms with van der Waals surface area (Å²) < 4.78 is 7.18. The summed E-state index contributed by atoms with van der Waals surface area (Å²) in [5.41, 5.74) is 3.14. The minimum absolute atomic E-state index is 0.0628. The summed E-state index contributed by atoms with van der Waals surface area (Å²) in [5, 5.41) is 10.2. The van der Waals surface area contributed by atoms with E-state index in [1.54, 1.807) is 50.3 Å². The molecular weight excluding hydrogens is 660 g/mol. The van der Waals surface area contributed by atoms with Crippen LogP contribution in [0.4, 0.5) is 0 Å². The van der Waals surface area contributed by atoms with E-state index < -0.39 is 5.97 Å². The number of carbonyl (C=O) groups is 2. The maximum absolute atomic E-state index is 12.9. The van der Waals surface area contributed by atoms with Gasteiger partial charge in [-0.05, 0) is 130 Å². The molecule has 2 aromatic carbocycles. The van der Waals surface area contributed by atoms with Gasteiger partial charge >= 0.3 is 5.97 Å². The van der Waals surface area contributed by atoms with Gasteiger partial charge in [-0.1, -0.05) is 18.2 Å². The Balaban J connectivity index is 2.37. The van der Waals surface area contributed by atoms with Crippen LogP contribution in [0.3, 0.4) is 0 Å². The van der Waals surface area contributed by atoms with Crippen molar-refractivity contribution < 1.29 is 19.4 Å². The molecule has 3 rings (SSSR count). The summed E-state index contributed by atoms with van der Waals surface area (Å²) in [6, 6.07) is 10.6. The van der Waals surface area contributed by atoms with E-state index in [1.165, 1.54) is 0 Å². The van der Waals surface area contributed by atoms with E-state index in [2.05, 4.69) is 63.7 Å². The average Bonchev–Trinajstić information content (AvgIpc) is 2.70. The van der Waals surface area contributed by atoms with Gasteiger partial charge in [0.2, 0.25) is 5.78 Å². The van der Waals surface area contributed by atoms with Gasteiger partial charge in [0.05, 0.1) is 29.6 Å². The molecule has 31 heavy (non-hydrogen) atoms. The van der Waals surface area contributed by atoms with Crippen LogP contribution < -0.4 is 0 Å². The van der Waals surface area contributed by atoms with E-state index in [4.69, 9.17) is 4.74 Å². The molecule has 1 aliphatic rings. The van der Waals surface area contributed by atoms with Crippen molar-refractivity contribution in [2.24, 2.45) is 0 Å². The van der Waals surface area contributed by atoms with Crippen LogP contribution in [-0.4, -0.2) is 23.0 Å². The SMILES string of the molecule is CC(C)OC(=O)c1ccccc1C(=C1C=C(Br)C(=O)C(Br)=C1)c1cc(Br)c(O)c(Br)c1. The van der Waals surface area contributed by atoms with E-state index in [9.17, 15) is 14.7 Å². The van der Waals surface area contributed by atoms with Crippen LogP contribution in [0.25, 0.3) is 5.57 Å². The van der Waals surface area contributed by atoms with Crippen LogP contribution in [-0.2, 0) is 9.53 Å². The van der Waals surface area contributed by atoms with Crippen LogP contribution in [0.15, 0.2) is 72.0 Å². The lowest BCUT2D eigenvalue weighted by molar-refractivity contribution is -0.110. The number of hydrogen-bond donors (Lipinski definition) is 1. The number of ketones is 1. The van der Waals surface area contributed by atoms with Crippen LogP contribution >= 0.6 is 63.7 Å². The summed E-state index contributed by atoms with van der Waals surface area (Å²) in [4.78, 5) is 25.1. The molecule has 1 aliphatic carbocycles. The Hall–Kier alpha value is -1.48. The first-order valence-electron chi connectivity index (χ1n) is 9.12. The predicted molar refractivity (Wildman–Crippen MR) is 136 cm³/mol. The number of Topliss-reactive ketones (excluding diaryl/α,β-unsaturated/α-hetero) is 1. The predicted octanol–water partition coefficient (Wildman–Crippen LogP) is 7.42. The Labute approximate surface area is 213 Å². The third-order valence-corrected chi connectivity index (χ3v) is 6.74. The molecular formula is C23H16Br4O4. The fourth-order valence-corrected chi connectivity index (χ4v) is 5.42. The maximum Gasteiger partial charge on any atom is 0.339 e. The van der Waals surface area contributed by atoms with Crippen LogP contribution in [0.5, 0.6) is 5.75 Å². The van der Waals surface area contributed by atoms with Crippen molar-refractivity contribution in [3.63, 3.8) is 0 Å². The minimum Gasteiger partial charge on any atom is -0.506 e. The standard InChI is InChI=1S/C23H16Br4O4/c1-11(2)31-23(30)15-6-4-3-5-14(15)20(12-7-16(24)21(28)17(25)8-12)13-9-18(26)22(29)19(27)10-13/h3-11,28H,1-2H3. The Morgan fingerprint density at radius 3 is 1.97 bits per heavy atom. The van der Waals surface area contributed by atoms with Crippen molar-refractivity contribution in [3.05, 3.63) is 88.7 Å². The number of ether oxygens (including phenoxy) is 1. The summed E-state index contributed by atoms with van der Waals surface area (Å²) in [6.07, 6.45) is 3.15. The molecule has 0 atom stereocenters. The molecule has 0 unspecified atom stereocenters. The van der Waals surface area contributed by atoms with Gasteiger partial charge in [-0.25, -0.2) is 4.79 Å². The summed E-state index contributed by atoms with van der Waals surface area (Å²) in [5.74, 6) is -0.560. The lowest BCUT2D eigenvalue weighted by Gasteiger charge is -2.19. The second-order valence-electron chi connectivity index (χ2n) is 6.93. The first-order valence-corrected chi connectivity index (χ1v) is 12.3. The monoisotopic (exact) mass is 672 g/mol. The van der Waals surface area contributed by atoms with E-state index in [0.717, 1.165) is 5.56 Å². The first-order chi connectivity index (χ1) is 14.6. The van der Waals surface area contributed by atoms with Gasteiger partial charge in [0.25, 0.3) is 0 Å². The number of hydrogen-bond acceptors (Lipinski definition) is 4. The number of aromatic hydroxyl groups is 1. The molecule has 2 aromatic rings. The molecule has 0 bridgehead atoms. The molecule has 4 nitrogen and oxygen atoms in total. The highest BCUT2D eigenvalue weighted by Crippen LogP contribution is 2.41. The second-order valence-corrected chi connectivity index (χ2v) is 10.3. The van der Waals surface area contributed by atoms with Crippen molar-refractivity contribution in [2.75, 3.05) is 0 Å². The Kier molecular flexibility index (Phi) is 7.78. The summed E-state index contributed by atoms with van der Waals surface area (Å²) >= 11 is 13.4. The largest absolute Gasteiger partial charge is 0.506 e. The number of rotatable bonds is 4. The highest BCUT2D eigenvalue weighted by Gasteiger charge is 2.24. The van der Waals surface area contributed by atoms with Crippen LogP contribution in [0.1, 0.15) is 35.3 Å². The third-order valence-electron chi connectivity index (χ3n) is 4.35. The normalized spacial score (nSPS) is 13.8. The highest BCUT2D eigenvalue weighted by molar-refractivity contribution is 9.13. The smallest absolute Gasteiger partial charge is 0.339 e. The van der Waals surface area contributed by atoms with Gasteiger partial charge in [-0.3, -0.25) is 4.79 Å². The lowest BCUT2D eigenvalue weighted by atomic mass is 9.88. The Morgan fingerprint density at radius 2 is 1.45 bits per heavy atom. The van der Waals surface area contributed by atoms with E-state index in [1.807, 2.05) is 12.1 Å². The topological polar surface area (TPSA) is 63.6 Å². The number of carbonyl (C=O) groups excluding carboxylic acids is 2. The zero-order valence-corrected chi connectivity index (χ0v) is 22.7. The Morgan fingerprint density at radius 1 is 0.935 bits per heavy atom. The van der Waals surface area contributed by atoms with E-state index in [-0.39, 0.29) is 17.6 Å². The van der Waals surface area contributed by atoms with Crippen molar-refractivity contribution in [2.45, 2.75) is 20.0 Å². The molecule has 0 radical (unpaired) electrons. The number of benzene rings is 2. The fourth-order valence-electron chi connectivity index (χ4n) is 3.05. The number of halogens is 4. The fraction of sp³-hybridized carbons (Fsp3) is 0.130. The van der Waals surface area contributed by atoms with Gasteiger partial charge in [0.1, 0.15) is 5.75 Å². The minimum atomic E-state index is -0.446. The number of allylic oxidation sites excluding steroid dienone is 5. The van der Waals surface area contributed by atoms with Gasteiger partial charge in [0.15, 0.2) is 0 Å². The summed E-state index contributed by atoms with van der Waals surface area (Å²) in [7, 11) is 0. The molecule has 0 saturated heterocycles. The molecule has 0 aliphatic heterocycles. The van der Waals surface area contributed by atoms with Crippen LogP contribution in [0, 0.1) is 0 Å². The zero-order chi connectivity index (χ0) is 22.9. The third kappa shape index (κ3) is 5.30. The molecule has 1 N–H and O–H groups in total. The van der Waals surface area contributed by atoms with Crippen molar-refractivity contribution in [1.82, 2.24) is 0 Å². The lowest BCUT2D eigenvalue weighted by Crippen LogP contribution is -2.14. The Bertz CT molecular complexity index is 1130. The molecule has 160 valence electrons. The average molecular weight is 676 g/mol. The van der Waals surface area contributed by atoms with Gasteiger partial charge in [-0.15, -0.1) is 0 Å². The van der Waals surface area contributed by atoms with E-state index in [0.29, 0.717) is 40.2 Å². The first kappa shape index (κ1) is 24.2. The van der Waals surface area contributed by atoms with Gasteiger partial charge in [0, 0.05) is 0 Å². The van der Waals surface area contributed by atoms with Gasteiger partial charge < -0.3 is 9.84 Å². The molecule has 0 amide bonds. The zero-order valence-electron chi connectivity index (χ0n) is 16.4. The maximum atomic E-state index is 12.9. The number of esters is 1. The van der Waals surface area contributed by atoms with Crippen molar-refractivity contribution in [1.29, 1.82) is 0 Å². The quantitative estimate of drug-likeness (QED) is 0.343. The molecule has 0 aromatic heterocycles. The van der Waals surface area contributed by atoms with Crippen LogP contribution in [0.2, 0.25) is 0 Å². The number of phenolic OH excluding ortho intramolecular Hbond substituents is 1. The highest BCUT2D eigenvalue weighted by atomic mass is 79.9. The number of phenols is 1. The van der Waals surface area contributed by atoms with Gasteiger partial charge in [-0.2, -0.15) is 0 Å². The van der Waals surface area contributed by atoms with Crippen molar-refractivity contribution >= 4 is 81.0 Å². The molecule has 0 saturated carbocycles. The molecule has 8 heteroatoms. The van der Waals surface area contributed by atoms with E-state index >= 15 is 0 Å². The molecule has 0 spiro atoms. The molecule has 0 fully saturated rings. The second kappa shape index (κ2) is 9.98. The van der Waals surface area contributed by atoms with Crippen molar-refractivity contribution in [3.8, 4) is 5.75 Å². The molecule has 0 heterocycles.